The highest BCUT2D eigenvalue weighted by molar-refractivity contribution is 5.67. The molecule has 1 heterocycles. The number of rotatable bonds is 2. The van der Waals surface area contributed by atoms with Gasteiger partial charge in [0.1, 0.15) is 11.7 Å². The lowest BCUT2D eigenvalue weighted by Crippen LogP contribution is -2.34. The molecular formula is C9H17NO3. The first-order chi connectivity index (χ1) is 5.88. The second-order valence-electron chi connectivity index (χ2n) is 4.26. The van der Waals surface area contributed by atoms with Crippen LogP contribution in [0.3, 0.4) is 0 Å². The third kappa shape index (κ3) is 4.12. The first-order valence-corrected chi connectivity index (χ1v) is 4.51. The van der Waals surface area contributed by atoms with Gasteiger partial charge in [-0.05, 0) is 27.7 Å². The minimum absolute atomic E-state index is 0.174. The summed E-state index contributed by atoms with van der Waals surface area (Å²) in [7, 11) is 0. The first-order valence-electron chi connectivity index (χ1n) is 4.51. The van der Waals surface area contributed by atoms with E-state index in [2.05, 4.69) is 5.32 Å². The van der Waals surface area contributed by atoms with Gasteiger partial charge in [-0.15, -0.1) is 0 Å². The lowest BCUT2D eigenvalue weighted by atomic mass is 10.2. The Labute approximate surface area is 78.6 Å². The minimum Gasteiger partial charge on any atom is -0.444 e. The summed E-state index contributed by atoms with van der Waals surface area (Å²) in [5.74, 6) is 0. The van der Waals surface area contributed by atoms with Crippen LogP contribution >= 0.6 is 0 Å². The number of alkyl carbamates (subject to hydrolysis) is 1. The van der Waals surface area contributed by atoms with Crippen LogP contribution in [0.15, 0.2) is 0 Å². The molecule has 0 saturated carbocycles. The van der Waals surface area contributed by atoms with Gasteiger partial charge in [-0.2, -0.15) is 0 Å². The van der Waals surface area contributed by atoms with Gasteiger partial charge in [0.25, 0.3) is 0 Å². The van der Waals surface area contributed by atoms with Crippen molar-refractivity contribution in [3.63, 3.8) is 0 Å². The van der Waals surface area contributed by atoms with Crippen molar-refractivity contribution < 1.29 is 14.3 Å². The average Bonchev–Trinajstić information content (AvgIpc) is 2.58. The van der Waals surface area contributed by atoms with Gasteiger partial charge in [0, 0.05) is 6.54 Å². The fraction of sp³-hybridized carbons (Fsp3) is 0.889. The highest BCUT2D eigenvalue weighted by atomic mass is 16.6. The van der Waals surface area contributed by atoms with Gasteiger partial charge in [-0.25, -0.2) is 4.79 Å². The standard InChI is InChI=1S/C9H17NO3/c1-6-7(12-6)5-10-8(11)13-9(2,3)4/h6-7H,5H2,1-4H3,(H,10,11). The molecule has 2 atom stereocenters. The SMILES string of the molecule is CC1OC1CNC(=O)OC(C)(C)C. The van der Waals surface area contributed by atoms with Crippen LogP contribution in [0.4, 0.5) is 4.79 Å². The zero-order valence-electron chi connectivity index (χ0n) is 8.59. The summed E-state index contributed by atoms with van der Waals surface area (Å²) in [5, 5.41) is 2.65. The van der Waals surface area contributed by atoms with E-state index >= 15 is 0 Å². The Balaban J connectivity index is 2.11. The van der Waals surface area contributed by atoms with Gasteiger partial charge in [-0.1, -0.05) is 0 Å². The molecule has 4 heteroatoms. The summed E-state index contributed by atoms with van der Waals surface area (Å²) < 4.78 is 10.2. The number of carbonyl (C=O) groups excluding carboxylic acids is 1. The lowest BCUT2D eigenvalue weighted by Gasteiger charge is -2.19. The lowest BCUT2D eigenvalue weighted by molar-refractivity contribution is 0.0524. The van der Waals surface area contributed by atoms with E-state index in [-0.39, 0.29) is 18.3 Å². The molecule has 4 nitrogen and oxygen atoms in total. The fourth-order valence-corrected chi connectivity index (χ4v) is 0.943. The fourth-order valence-electron chi connectivity index (χ4n) is 0.943. The van der Waals surface area contributed by atoms with E-state index in [0.717, 1.165) is 0 Å². The molecule has 1 amide bonds. The summed E-state index contributed by atoms with van der Waals surface area (Å²) in [5.41, 5.74) is -0.430. The molecule has 1 saturated heterocycles. The molecule has 0 aromatic rings. The smallest absolute Gasteiger partial charge is 0.407 e. The van der Waals surface area contributed by atoms with Crippen LogP contribution < -0.4 is 5.32 Å². The molecule has 1 fully saturated rings. The molecule has 0 radical (unpaired) electrons. The van der Waals surface area contributed by atoms with Gasteiger partial charge in [-0.3, -0.25) is 0 Å². The summed E-state index contributed by atoms with van der Waals surface area (Å²) in [6.07, 6.45) is 0.0673. The number of amides is 1. The quantitative estimate of drug-likeness (QED) is 0.663. The Morgan fingerprint density at radius 3 is 2.46 bits per heavy atom. The molecule has 76 valence electrons. The molecule has 1 aliphatic rings. The van der Waals surface area contributed by atoms with Crippen LogP contribution in [-0.2, 0) is 9.47 Å². The van der Waals surface area contributed by atoms with E-state index in [1.165, 1.54) is 0 Å². The number of hydrogen-bond donors (Lipinski definition) is 1. The summed E-state index contributed by atoms with van der Waals surface area (Å²) in [6.45, 7) is 8.02. The average molecular weight is 187 g/mol. The van der Waals surface area contributed by atoms with Crippen LogP contribution in [-0.4, -0.2) is 30.4 Å². The van der Waals surface area contributed by atoms with Crippen molar-refractivity contribution >= 4 is 6.09 Å². The Bertz CT molecular complexity index is 198. The summed E-state index contributed by atoms with van der Waals surface area (Å²) >= 11 is 0. The summed E-state index contributed by atoms with van der Waals surface area (Å²) in [6, 6.07) is 0. The highest BCUT2D eigenvalue weighted by Crippen LogP contribution is 2.19. The molecule has 1 N–H and O–H groups in total. The van der Waals surface area contributed by atoms with Crippen molar-refractivity contribution in [3.05, 3.63) is 0 Å². The largest absolute Gasteiger partial charge is 0.444 e. The monoisotopic (exact) mass is 187 g/mol. The second-order valence-corrected chi connectivity index (χ2v) is 4.26. The number of carbonyl (C=O) groups is 1. The van der Waals surface area contributed by atoms with Crippen LogP contribution in [0.5, 0.6) is 0 Å². The van der Waals surface area contributed by atoms with Crippen molar-refractivity contribution in [1.29, 1.82) is 0 Å². The van der Waals surface area contributed by atoms with Crippen molar-refractivity contribution in [2.24, 2.45) is 0 Å². The molecule has 0 aliphatic carbocycles. The summed E-state index contributed by atoms with van der Waals surface area (Å²) in [4.78, 5) is 11.1. The van der Waals surface area contributed by atoms with Crippen molar-refractivity contribution in [2.75, 3.05) is 6.54 Å². The van der Waals surface area contributed by atoms with Gasteiger partial charge in [0.2, 0.25) is 0 Å². The molecule has 1 rings (SSSR count). The van der Waals surface area contributed by atoms with Crippen molar-refractivity contribution in [3.8, 4) is 0 Å². The van der Waals surface area contributed by atoms with Gasteiger partial charge in [0.05, 0.1) is 6.10 Å². The normalized spacial score (nSPS) is 26.8. The van der Waals surface area contributed by atoms with Gasteiger partial charge in [0.15, 0.2) is 0 Å². The maximum Gasteiger partial charge on any atom is 0.407 e. The van der Waals surface area contributed by atoms with E-state index in [0.29, 0.717) is 6.54 Å². The van der Waals surface area contributed by atoms with E-state index in [9.17, 15) is 4.79 Å². The number of epoxide rings is 1. The predicted octanol–water partition coefficient (Wildman–Crippen LogP) is 1.30. The maximum absolute atomic E-state index is 11.1. The van der Waals surface area contributed by atoms with Crippen LogP contribution in [0, 0.1) is 0 Å². The predicted molar refractivity (Wildman–Crippen MR) is 48.6 cm³/mol. The van der Waals surface area contributed by atoms with E-state index in [4.69, 9.17) is 9.47 Å². The Morgan fingerprint density at radius 1 is 1.54 bits per heavy atom. The topological polar surface area (TPSA) is 50.9 Å². The number of hydrogen-bond acceptors (Lipinski definition) is 3. The Hall–Kier alpha value is -0.770. The third-order valence-corrected chi connectivity index (χ3v) is 1.68. The molecule has 13 heavy (non-hydrogen) atoms. The Kier molecular flexibility index (Phi) is 2.81. The molecule has 0 aromatic carbocycles. The minimum atomic E-state index is -0.430. The van der Waals surface area contributed by atoms with Gasteiger partial charge < -0.3 is 14.8 Å². The third-order valence-electron chi connectivity index (χ3n) is 1.68. The van der Waals surface area contributed by atoms with Crippen molar-refractivity contribution in [1.82, 2.24) is 5.32 Å². The number of nitrogens with one attached hydrogen (secondary N) is 1. The molecule has 0 aromatic heterocycles. The van der Waals surface area contributed by atoms with Crippen LogP contribution in [0.1, 0.15) is 27.7 Å². The molecule has 0 spiro atoms. The van der Waals surface area contributed by atoms with E-state index in [1.807, 2.05) is 27.7 Å². The molecular weight excluding hydrogens is 170 g/mol. The molecule has 1 aliphatic heterocycles. The zero-order chi connectivity index (χ0) is 10.1. The Morgan fingerprint density at radius 2 is 2.08 bits per heavy atom. The van der Waals surface area contributed by atoms with Crippen molar-refractivity contribution in [2.45, 2.75) is 45.5 Å². The first kappa shape index (κ1) is 10.3. The highest BCUT2D eigenvalue weighted by Gasteiger charge is 2.34. The van der Waals surface area contributed by atoms with E-state index in [1.54, 1.807) is 0 Å². The maximum atomic E-state index is 11.1. The molecule has 2 unspecified atom stereocenters. The zero-order valence-corrected chi connectivity index (χ0v) is 8.59. The van der Waals surface area contributed by atoms with E-state index < -0.39 is 5.60 Å². The number of ether oxygens (including phenoxy) is 2. The van der Waals surface area contributed by atoms with Crippen LogP contribution in [0.25, 0.3) is 0 Å². The molecule has 0 bridgehead atoms. The van der Waals surface area contributed by atoms with Crippen LogP contribution in [0.2, 0.25) is 0 Å². The second kappa shape index (κ2) is 3.54. The van der Waals surface area contributed by atoms with Gasteiger partial charge >= 0.3 is 6.09 Å².